The lowest BCUT2D eigenvalue weighted by atomic mass is 9.79. The van der Waals surface area contributed by atoms with Crippen LogP contribution in [-0.2, 0) is 32.6 Å². The third-order valence-corrected chi connectivity index (χ3v) is 7.38. The maximum atomic E-state index is 12.8. The molecule has 7 nitrogen and oxygen atoms in total. The average molecular weight is 480 g/mol. The fourth-order valence-electron chi connectivity index (χ4n) is 4.84. The number of carboxylic acid groups (broad SMARTS) is 1. The topological polar surface area (TPSA) is 101 Å². The standard InChI is InChI=1S/C28H37N3O4/c1-28(2,21-8-4-3-5-9-21)27(34)31-24(26(32)33)14-16-35-23-17-19(18-23)10-12-22-13-11-20-7-6-15-29-25(20)30-22/h3-5,8-9,11,13,19,23-24H,6-7,10,12,14-18H2,1-2H3,(H,29,30)(H,31,34)(H,32,33)/t19-,23-,24-/m0/s1. The van der Waals surface area contributed by atoms with Crippen LogP contribution in [0.5, 0.6) is 0 Å². The van der Waals surface area contributed by atoms with Crippen molar-refractivity contribution >= 4 is 17.7 Å². The number of rotatable bonds is 11. The molecule has 1 aromatic carbocycles. The van der Waals surface area contributed by atoms with E-state index in [1.807, 2.05) is 30.3 Å². The summed E-state index contributed by atoms with van der Waals surface area (Å²) in [6.45, 7) is 4.93. The van der Waals surface area contributed by atoms with Crippen molar-refractivity contribution in [1.82, 2.24) is 10.3 Å². The minimum Gasteiger partial charge on any atom is -0.480 e. The summed E-state index contributed by atoms with van der Waals surface area (Å²) in [6.07, 6.45) is 6.74. The van der Waals surface area contributed by atoms with E-state index < -0.39 is 17.4 Å². The number of carbonyl (C=O) groups is 2. The zero-order valence-electron chi connectivity index (χ0n) is 20.8. The van der Waals surface area contributed by atoms with Crippen LogP contribution in [0.3, 0.4) is 0 Å². The molecule has 0 radical (unpaired) electrons. The van der Waals surface area contributed by atoms with Crippen molar-refractivity contribution in [2.75, 3.05) is 18.5 Å². The van der Waals surface area contributed by atoms with Gasteiger partial charge in [0, 0.05) is 25.3 Å². The molecule has 2 heterocycles. The van der Waals surface area contributed by atoms with E-state index in [1.165, 1.54) is 12.0 Å². The van der Waals surface area contributed by atoms with Gasteiger partial charge < -0.3 is 20.5 Å². The third-order valence-electron chi connectivity index (χ3n) is 7.38. The summed E-state index contributed by atoms with van der Waals surface area (Å²) in [5.41, 5.74) is 2.48. The predicted molar refractivity (Wildman–Crippen MR) is 135 cm³/mol. The van der Waals surface area contributed by atoms with Crippen LogP contribution in [-0.4, -0.2) is 47.3 Å². The lowest BCUT2D eigenvalue weighted by Gasteiger charge is -2.35. The van der Waals surface area contributed by atoms with E-state index in [0.717, 1.165) is 55.7 Å². The number of fused-ring (bicyclic) bond motifs is 1. The molecule has 3 N–H and O–H groups in total. The van der Waals surface area contributed by atoms with Crippen LogP contribution in [0.4, 0.5) is 5.82 Å². The maximum Gasteiger partial charge on any atom is 0.326 e. The first-order valence-corrected chi connectivity index (χ1v) is 12.8. The van der Waals surface area contributed by atoms with Crippen molar-refractivity contribution in [3.8, 4) is 0 Å². The van der Waals surface area contributed by atoms with Crippen molar-refractivity contribution in [3.63, 3.8) is 0 Å². The highest BCUT2D eigenvalue weighted by Gasteiger charge is 2.34. The minimum atomic E-state index is -1.04. The molecular formula is C28H37N3O4. The smallest absolute Gasteiger partial charge is 0.326 e. The lowest BCUT2D eigenvalue weighted by molar-refractivity contribution is -0.143. The van der Waals surface area contributed by atoms with Gasteiger partial charge in [-0.3, -0.25) is 4.79 Å². The Morgan fingerprint density at radius 2 is 1.97 bits per heavy atom. The van der Waals surface area contributed by atoms with Gasteiger partial charge in [-0.05, 0) is 75.5 Å². The summed E-state index contributed by atoms with van der Waals surface area (Å²) >= 11 is 0. The quantitative estimate of drug-likeness (QED) is 0.449. The van der Waals surface area contributed by atoms with Gasteiger partial charge in [0.2, 0.25) is 5.91 Å². The van der Waals surface area contributed by atoms with E-state index in [2.05, 4.69) is 22.8 Å². The maximum absolute atomic E-state index is 12.8. The van der Waals surface area contributed by atoms with Gasteiger partial charge in [-0.2, -0.15) is 0 Å². The van der Waals surface area contributed by atoms with Crippen molar-refractivity contribution in [1.29, 1.82) is 0 Å². The van der Waals surface area contributed by atoms with Gasteiger partial charge in [-0.15, -0.1) is 0 Å². The Labute approximate surface area is 207 Å². The van der Waals surface area contributed by atoms with Crippen LogP contribution in [0, 0.1) is 5.92 Å². The Balaban J connectivity index is 1.16. The number of benzene rings is 1. The Hall–Kier alpha value is -2.93. The molecule has 0 saturated heterocycles. The van der Waals surface area contributed by atoms with Crippen LogP contribution >= 0.6 is 0 Å². The van der Waals surface area contributed by atoms with Gasteiger partial charge in [0.25, 0.3) is 0 Å². The number of aromatic nitrogens is 1. The van der Waals surface area contributed by atoms with E-state index in [4.69, 9.17) is 9.72 Å². The normalized spacial score (nSPS) is 20.2. The highest BCUT2D eigenvalue weighted by Crippen LogP contribution is 2.34. The van der Waals surface area contributed by atoms with Crippen LogP contribution in [0.25, 0.3) is 0 Å². The first-order chi connectivity index (χ1) is 16.8. The van der Waals surface area contributed by atoms with E-state index >= 15 is 0 Å². The molecule has 1 aliphatic heterocycles. The first kappa shape index (κ1) is 25.2. The second kappa shape index (κ2) is 11.2. The molecule has 35 heavy (non-hydrogen) atoms. The zero-order valence-corrected chi connectivity index (χ0v) is 20.8. The van der Waals surface area contributed by atoms with Crippen LogP contribution < -0.4 is 10.6 Å². The molecule has 1 aromatic heterocycles. The van der Waals surface area contributed by atoms with Crippen molar-refractivity contribution < 1.29 is 19.4 Å². The highest BCUT2D eigenvalue weighted by molar-refractivity contribution is 5.90. The molecule has 4 rings (SSSR count). The number of aryl methyl sites for hydroxylation is 2. The second-order valence-corrected chi connectivity index (χ2v) is 10.4. The van der Waals surface area contributed by atoms with Crippen molar-refractivity contribution in [2.24, 2.45) is 5.92 Å². The number of pyridine rings is 1. The summed E-state index contributed by atoms with van der Waals surface area (Å²) in [5, 5.41) is 15.7. The molecule has 2 aromatic rings. The number of carboxylic acids is 1. The molecular weight excluding hydrogens is 442 g/mol. The molecule has 1 aliphatic carbocycles. The number of nitrogens with zero attached hydrogens (tertiary/aromatic N) is 1. The second-order valence-electron chi connectivity index (χ2n) is 10.4. The number of hydrogen-bond acceptors (Lipinski definition) is 5. The molecule has 188 valence electrons. The Morgan fingerprint density at radius 1 is 1.20 bits per heavy atom. The lowest BCUT2D eigenvalue weighted by Crippen LogP contribution is -2.49. The minimum absolute atomic E-state index is 0.170. The average Bonchev–Trinajstić information content (AvgIpc) is 2.84. The molecule has 2 aliphatic rings. The Kier molecular flexibility index (Phi) is 8.06. The van der Waals surface area contributed by atoms with Gasteiger partial charge in [-0.25, -0.2) is 9.78 Å². The number of nitrogens with one attached hydrogen (secondary N) is 2. The predicted octanol–water partition coefficient (Wildman–Crippen LogP) is 4.10. The molecule has 0 spiro atoms. The summed E-state index contributed by atoms with van der Waals surface area (Å²) in [6, 6.07) is 12.8. The summed E-state index contributed by atoms with van der Waals surface area (Å²) in [7, 11) is 0. The number of ether oxygens (including phenoxy) is 1. The zero-order chi connectivity index (χ0) is 24.8. The van der Waals surface area contributed by atoms with E-state index in [1.54, 1.807) is 13.8 Å². The van der Waals surface area contributed by atoms with Crippen molar-refractivity contribution in [3.05, 3.63) is 59.3 Å². The molecule has 0 unspecified atom stereocenters. The fourth-order valence-corrected chi connectivity index (χ4v) is 4.84. The number of aliphatic carboxylic acids is 1. The van der Waals surface area contributed by atoms with Crippen LogP contribution in [0.15, 0.2) is 42.5 Å². The Bertz CT molecular complexity index is 1020. The fraction of sp³-hybridized carbons (Fsp3) is 0.536. The molecule has 1 atom stereocenters. The van der Waals surface area contributed by atoms with Gasteiger partial charge in [-0.1, -0.05) is 36.4 Å². The van der Waals surface area contributed by atoms with Gasteiger partial charge in [0.05, 0.1) is 11.5 Å². The first-order valence-electron chi connectivity index (χ1n) is 12.8. The molecule has 1 fully saturated rings. The molecule has 0 bridgehead atoms. The van der Waals surface area contributed by atoms with Crippen LogP contribution in [0.2, 0.25) is 0 Å². The van der Waals surface area contributed by atoms with Crippen LogP contribution in [0.1, 0.15) is 62.8 Å². The molecule has 7 heteroatoms. The number of carbonyl (C=O) groups excluding carboxylic acids is 1. The van der Waals surface area contributed by atoms with Gasteiger partial charge >= 0.3 is 5.97 Å². The van der Waals surface area contributed by atoms with Crippen molar-refractivity contribution in [2.45, 2.75) is 76.4 Å². The SMILES string of the molecule is CC(C)(C(=O)N[C@@H](CCO[C@H]1C[C@H](CCc2ccc3c(n2)NCCC3)C1)C(=O)O)c1ccccc1. The molecule has 1 amide bonds. The number of hydrogen-bond donors (Lipinski definition) is 3. The Morgan fingerprint density at radius 3 is 2.71 bits per heavy atom. The monoisotopic (exact) mass is 479 g/mol. The van der Waals surface area contributed by atoms with E-state index in [0.29, 0.717) is 12.5 Å². The van der Waals surface area contributed by atoms with Gasteiger partial charge in [0.15, 0.2) is 0 Å². The molecule has 1 saturated carbocycles. The van der Waals surface area contributed by atoms with E-state index in [-0.39, 0.29) is 18.4 Å². The summed E-state index contributed by atoms with van der Waals surface area (Å²) < 4.78 is 5.93. The van der Waals surface area contributed by atoms with Gasteiger partial charge in [0.1, 0.15) is 11.9 Å². The third kappa shape index (κ3) is 6.40. The summed E-state index contributed by atoms with van der Waals surface area (Å²) in [5.74, 6) is 0.332. The highest BCUT2D eigenvalue weighted by atomic mass is 16.5. The summed E-state index contributed by atoms with van der Waals surface area (Å²) in [4.78, 5) is 29.3. The number of amides is 1. The largest absolute Gasteiger partial charge is 0.480 e. The number of anilines is 1. The van der Waals surface area contributed by atoms with E-state index in [9.17, 15) is 14.7 Å².